The maximum atomic E-state index is 11.6. The zero-order chi connectivity index (χ0) is 16.2. The van der Waals surface area contributed by atoms with Gasteiger partial charge >= 0.3 is 5.97 Å². The molecule has 3 aromatic carbocycles. The molecule has 0 amide bonds. The number of ether oxygens (including phenoxy) is 1. The Hall–Kier alpha value is -2.81. The first-order valence-electron chi connectivity index (χ1n) is 7.56. The van der Waals surface area contributed by atoms with Gasteiger partial charge in [-0.15, -0.1) is 0 Å². The number of hydrogen-bond donors (Lipinski definition) is 1. The van der Waals surface area contributed by atoms with Gasteiger partial charge in [0.2, 0.25) is 0 Å². The van der Waals surface area contributed by atoms with Crippen LogP contribution in [0.4, 0.5) is 0 Å². The lowest BCUT2D eigenvalue weighted by Crippen LogP contribution is -2.29. The Bertz CT molecular complexity index is 834. The third-order valence-corrected chi connectivity index (χ3v) is 3.80. The maximum Gasteiger partial charge on any atom is 0.345 e. The van der Waals surface area contributed by atoms with Gasteiger partial charge in [0.25, 0.3) is 0 Å². The molecule has 0 heterocycles. The first-order valence-corrected chi connectivity index (χ1v) is 7.56. The van der Waals surface area contributed by atoms with Crippen molar-refractivity contribution in [2.24, 2.45) is 0 Å². The first kappa shape index (κ1) is 15.1. The predicted molar refractivity (Wildman–Crippen MR) is 90.9 cm³/mol. The minimum atomic E-state index is -0.959. The van der Waals surface area contributed by atoms with E-state index in [2.05, 4.69) is 0 Å². The van der Waals surface area contributed by atoms with Crippen LogP contribution >= 0.6 is 0 Å². The molecule has 1 atom stereocenters. The molecule has 116 valence electrons. The normalized spacial score (nSPS) is 12.0. The van der Waals surface area contributed by atoms with E-state index in [0.29, 0.717) is 12.2 Å². The number of aryl methyl sites for hydroxylation is 1. The van der Waals surface area contributed by atoms with Crippen LogP contribution in [0.3, 0.4) is 0 Å². The van der Waals surface area contributed by atoms with Gasteiger partial charge < -0.3 is 9.84 Å². The third-order valence-electron chi connectivity index (χ3n) is 3.80. The van der Waals surface area contributed by atoms with E-state index in [-0.39, 0.29) is 0 Å². The molecule has 0 saturated heterocycles. The lowest BCUT2D eigenvalue weighted by Gasteiger charge is -2.17. The Morgan fingerprint density at radius 3 is 2.57 bits per heavy atom. The SMILES string of the molecule is Cc1cccc(CC(Oc2cccc3ccccc23)C(=O)O)c1. The van der Waals surface area contributed by atoms with Crippen molar-refractivity contribution < 1.29 is 14.6 Å². The maximum absolute atomic E-state index is 11.6. The first-order chi connectivity index (χ1) is 11.1. The number of benzene rings is 3. The summed E-state index contributed by atoms with van der Waals surface area (Å²) in [5.41, 5.74) is 2.06. The number of fused-ring (bicyclic) bond motifs is 1. The quantitative estimate of drug-likeness (QED) is 0.767. The second kappa shape index (κ2) is 6.53. The fourth-order valence-corrected chi connectivity index (χ4v) is 2.68. The molecule has 0 spiro atoms. The minimum Gasteiger partial charge on any atom is -0.478 e. The van der Waals surface area contributed by atoms with Gasteiger partial charge in [0, 0.05) is 11.8 Å². The molecule has 3 nitrogen and oxygen atoms in total. The predicted octanol–water partition coefficient (Wildman–Crippen LogP) is 4.22. The van der Waals surface area contributed by atoms with Gasteiger partial charge in [0.15, 0.2) is 6.10 Å². The monoisotopic (exact) mass is 306 g/mol. The van der Waals surface area contributed by atoms with Gasteiger partial charge in [0.05, 0.1) is 0 Å². The zero-order valence-electron chi connectivity index (χ0n) is 12.9. The van der Waals surface area contributed by atoms with Crippen LogP contribution in [0.25, 0.3) is 10.8 Å². The Morgan fingerprint density at radius 2 is 1.78 bits per heavy atom. The second-order valence-corrected chi connectivity index (χ2v) is 5.62. The Balaban J connectivity index is 1.88. The summed E-state index contributed by atoms with van der Waals surface area (Å²) in [6.07, 6.45) is -0.581. The molecule has 3 aromatic rings. The van der Waals surface area contributed by atoms with Gasteiger partial charge in [-0.05, 0) is 23.9 Å². The summed E-state index contributed by atoms with van der Waals surface area (Å²) in [5, 5.41) is 11.5. The van der Waals surface area contributed by atoms with E-state index in [4.69, 9.17) is 4.74 Å². The summed E-state index contributed by atoms with van der Waals surface area (Å²) >= 11 is 0. The van der Waals surface area contributed by atoms with E-state index in [1.54, 1.807) is 0 Å². The molecule has 1 N–H and O–H groups in total. The molecule has 3 heteroatoms. The number of rotatable bonds is 5. The summed E-state index contributed by atoms with van der Waals surface area (Å²) in [7, 11) is 0. The molecule has 0 aliphatic rings. The van der Waals surface area contributed by atoms with E-state index >= 15 is 0 Å². The van der Waals surface area contributed by atoms with Crippen molar-refractivity contribution in [3.05, 3.63) is 77.9 Å². The summed E-state index contributed by atoms with van der Waals surface area (Å²) < 4.78 is 5.83. The summed E-state index contributed by atoms with van der Waals surface area (Å²) in [6.45, 7) is 1.99. The number of carbonyl (C=O) groups is 1. The third kappa shape index (κ3) is 3.51. The number of hydrogen-bond acceptors (Lipinski definition) is 2. The van der Waals surface area contributed by atoms with Crippen molar-refractivity contribution in [1.29, 1.82) is 0 Å². The van der Waals surface area contributed by atoms with E-state index in [9.17, 15) is 9.90 Å². The van der Waals surface area contributed by atoms with E-state index in [1.165, 1.54) is 0 Å². The van der Waals surface area contributed by atoms with Gasteiger partial charge in [-0.3, -0.25) is 0 Å². The molecule has 0 aliphatic carbocycles. The van der Waals surface area contributed by atoms with Crippen molar-refractivity contribution >= 4 is 16.7 Å². The Kier molecular flexibility index (Phi) is 4.29. The Morgan fingerprint density at radius 1 is 1.04 bits per heavy atom. The van der Waals surface area contributed by atoms with Crippen LogP contribution < -0.4 is 4.74 Å². The highest BCUT2D eigenvalue weighted by Gasteiger charge is 2.21. The van der Waals surface area contributed by atoms with Gasteiger partial charge in [-0.25, -0.2) is 4.79 Å². The van der Waals surface area contributed by atoms with E-state index in [1.807, 2.05) is 73.7 Å². The topological polar surface area (TPSA) is 46.5 Å². The average Bonchev–Trinajstić information content (AvgIpc) is 2.54. The van der Waals surface area contributed by atoms with Gasteiger partial charge in [-0.1, -0.05) is 66.2 Å². The molecule has 0 aromatic heterocycles. The fourth-order valence-electron chi connectivity index (χ4n) is 2.68. The Labute approximate surface area is 135 Å². The van der Waals surface area contributed by atoms with Crippen LogP contribution in [0.15, 0.2) is 66.7 Å². The lowest BCUT2D eigenvalue weighted by molar-refractivity contribution is -0.144. The molecular weight excluding hydrogens is 288 g/mol. The van der Waals surface area contributed by atoms with Crippen molar-refractivity contribution in [3.8, 4) is 5.75 Å². The molecule has 3 rings (SSSR count). The van der Waals surface area contributed by atoms with Crippen molar-refractivity contribution in [1.82, 2.24) is 0 Å². The molecule has 0 aliphatic heterocycles. The number of carboxylic acid groups (broad SMARTS) is 1. The second-order valence-electron chi connectivity index (χ2n) is 5.62. The smallest absolute Gasteiger partial charge is 0.345 e. The zero-order valence-corrected chi connectivity index (χ0v) is 12.9. The molecule has 0 bridgehead atoms. The highest BCUT2D eigenvalue weighted by molar-refractivity contribution is 5.88. The van der Waals surface area contributed by atoms with E-state index < -0.39 is 12.1 Å². The van der Waals surface area contributed by atoms with Crippen molar-refractivity contribution in [2.75, 3.05) is 0 Å². The number of aliphatic carboxylic acids is 1. The van der Waals surface area contributed by atoms with Crippen LogP contribution in [0.1, 0.15) is 11.1 Å². The van der Waals surface area contributed by atoms with Crippen molar-refractivity contribution in [3.63, 3.8) is 0 Å². The largest absolute Gasteiger partial charge is 0.478 e. The molecule has 0 saturated carbocycles. The highest BCUT2D eigenvalue weighted by Crippen LogP contribution is 2.26. The number of carboxylic acids is 1. The van der Waals surface area contributed by atoms with Crippen molar-refractivity contribution in [2.45, 2.75) is 19.4 Å². The minimum absolute atomic E-state index is 0.334. The van der Waals surface area contributed by atoms with Gasteiger partial charge in [-0.2, -0.15) is 0 Å². The summed E-state index contributed by atoms with van der Waals surface area (Å²) in [6, 6.07) is 21.3. The molecule has 0 fully saturated rings. The summed E-state index contributed by atoms with van der Waals surface area (Å²) in [4.78, 5) is 11.6. The highest BCUT2D eigenvalue weighted by atomic mass is 16.5. The van der Waals surface area contributed by atoms with Crippen LogP contribution in [-0.4, -0.2) is 17.2 Å². The standard InChI is InChI=1S/C20H18O3/c1-14-6-4-7-15(12-14)13-19(20(21)22)23-18-11-5-9-16-8-2-3-10-17(16)18/h2-12,19H,13H2,1H3,(H,21,22). The molecular formula is C20H18O3. The van der Waals surface area contributed by atoms with E-state index in [0.717, 1.165) is 21.9 Å². The van der Waals surface area contributed by atoms with Crippen LogP contribution in [0.2, 0.25) is 0 Å². The van der Waals surface area contributed by atoms with Gasteiger partial charge in [0.1, 0.15) is 5.75 Å². The molecule has 1 unspecified atom stereocenters. The lowest BCUT2D eigenvalue weighted by atomic mass is 10.1. The van der Waals surface area contributed by atoms with Crippen LogP contribution in [0, 0.1) is 6.92 Å². The average molecular weight is 306 g/mol. The summed E-state index contributed by atoms with van der Waals surface area (Å²) in [5.74, 6) is -0.359. The molecule has 23 heavy (non-hydrogen) atoms. The van der Waals surface area contributed by atoms with Crippen LogP contribution in [-0.2, 0) is 11.2 Å². The van der Waals surface area contributed by atoms with Crippen LogP contribution in [0.5, 0.6) is 5.75 Å². The molecule has 0 radical (unpaired) electrons. The fraction of sp³-hybridized carbons (Fsp3) is 0.150.